The molecule has 0 amide bonds. The third-order valence-electron chi connectivity index (χ3n) is 6.31. The molecule has 0 aromatic heterocycles. The Morgan fingerprint density at radius 2 is 1.65 bits per heavy atom. The molecule has 0 saturated heterocycles. The molecule has 0 N–H and O–H groups in total. The molecule has 0 saturated carbocycles. The second-order valence-electron chi connectivity index (χ2n) is 8.18. The van der Waals surface area contributed by atoms with Crippen LogP contribution in [0.1, 0.15) is 56.2 Å². The third-order valence-corrected chi connectivity index (χ3v) is 6.98. The molecule has 0 heterocycles. The summed E-state index contributed by atoms with van der Waals surface area (Å²) in [7, 11) is 0. The zero-order chi connectivity index (χ0) is 17.9. The smallest absolute Gasteiger partial charge is 0.0159 e. The van der Waals surface area contributed by atoms with Gasteiger partial charge in [0.15, 0.2) is 0 Å². The van der Waals surface area contributed by atoms with E-state index in [1.165, 1.54) is 56.2 Å². The van der Waals surface area contributed by atoms with E-state index in [0.717, 1.165) is 6.42 Å². The lowest BCUT2D eigenvalue weighted by Crippen LogP contribution is -2.15. The predicted molar refractivity (Wildman–Crippen MR) is 119 cm³/mol. The average molecular weight is 450 g/mol. The van der Waals surface area contributed by atoms with Gasteiger partial charge in [-0.15, -0.1) is 0 Å². The van der Waals surface area contributed by atoms with E-state index in [-0.39, 0.29) is 5.41 Å². The zero-order valence-electron chi connectivity index (χ0n) is 15.4. The number of hydrogen-bond acceptors (Lipinski definition) is 0. The lowest BCUT2D eigenvalue weighted by molar-refractivity contribution is 0.659. The Labute approximate surface area is 169 Å². The molecule has 0 aliphatic heterocycles. The lowest BCUT2D eigenvalue weighted by Gasteiger charge is -2.25. The van der Waals surface area contributed by atoms with E-state index in [2.05, 4.69) is 91.1 Å². The molecular weight excluding hydrogens is 427 g/mol. The second kappa shape index (κ2) is 5.95. The summed E-state index contributed by atoms with van der Waals surface area (Å²) < 4.78 is 1.32. The Morgan fingerprint density at radius 3 is 2.50 bits per heavy atom. The van der Waals surface area contributed by atoms with Crippen LogP contribution in [0.2, 0.25) is 0 Å². The van der Waals surface area contributed by atoms with Gasteiger partial charge in [0.05, 0.1) is 0 Å². The molecule has 0 fully saturated rings. The minimum Gasteiger partial charge on any atom is -0.0836 e. The molecule has 2 aromatic rings. The van der Waals surface area contributed by atoms with Gasteiger partial charge in [0.25, 0.3) is 0 Å². The van der Waals surface area contributed by atoms with E-state index >= 15 is 0 Å². The largest absolute Gasteiger partial charge is 0.0836 e. The quantitative estimate of drug-likeness (QED) is 0.397. The van der Waals surface area contributed by atoms with Crippen molar-refractivity contribution in [3.05, 3.63) is 86.0 Å². The summed E-state index contributed by atoms with van der Waals surface area (Å²) in [4.78, 5) is 0. The van der Waals surface area contributed by atoms with Crippen molar-refractivity contribution in [2.24, 2.45) is 0 Å². The van der Waals surface area contributed by atoms with Crippen LogP contribution in [0.25, 0.3) is 16.7 Å². The first kappa shape index (κ1) is 16.6. The molecule has 0 bridgehead atoms. The molecule has 0 nitrogen and oxygen atoms in total. The minimum absolute atomic E-state index is 0.0722. The van der Waals surface area contributed by atoms with Crippen LogP contribution < -0.4 is 0 Å². The van der Waals surface area contributed by atoms with Gasteiger partial charge in [0, 0.05) is 8.99 Å². The number of hydrogen-bond donors (Lipinski definition) is 0. The predicted octanol–water partition coefficient (Wildman–Crippen LogP) is 7.42. The van der Waals surface area contributed by atoms with E-state index in [1.807, 2.05) is 0 Å². The highest BCUT2D eigenvalue weighted by atomic mass is 127. The van der Waals surface area contributed by atoms with Crippen LogP contribution in [-0.2, 0) is 5.41 Å². The van der Waals surface area contributed by atoms with Gasteiger partial charge >= 0.3 is 0 Å². The Bertz CT molecular complexity index is 1010. The van der Waals surface area contributed by atoms with Crippen LogP contribution in [-0.4, -0.2) is 0 Å². The van der Waals surface area contributed by atoms with Gasteiger partial charge in [-0.25, -0.2) is 0 Å². The van der Waals surface area contributed by atoms with Gasteiger partial charge < -0.3 is 0 Å². The third kappa shape index (κ3) is 2.40. The summed E-state index contributed by atoms with van der Waals surface area (Å²) in [6.45, 7) is 4.75. The van der Waals surface area contributed by atoms with Crippen molar-refractivity contribution in [3.63, 3.8) is 0 Å². The van der Waals surface area contributed by atoms with Crippen LogP contribution in [0, 0.1) is 3.57 Å². The van der Waals surface area contributed by atoms with Crippen molar-refractivity contribution in [1.29, 1.82) is 0 Å². The van der Waals surface area contributed by atoms with Gasteiger partial charge in [0.1, 0.15) is 0 Å². The SMILES string of the molecule is CC1(C)c2cc(I)ccc2-c2ccc(C3=C4C=CCCC4=CCC3)cc21. The van der Waals surface area contributed by atoms with Crippen LogP contribution in [0.3, 0.4) is 0 Å². The fraction of sp³-hybridized carbons (Fsp3) is 0.280. The van der Waals surface area contributed by atoms with Crippen LogP contribution in [0.5, 0.6) is 0 Å². The minimum atomic E-state index is 0.0722. The summed E-state index contributed by atoms with van der Waals surface area (Å²) in [5, 5.41) is 0. The second-order valence-corrected chi connectivity index (χ2v) is 9.42. The highest BCUT2D eigenvalue weighted by Crippen LogP contribution is 2.50. The van der Waals surface area contributed by atoms with Crippen molar-refractivity contribution in [2.75, 3.05) is 0 Å². The Balaban J connectivity index is 1.69. The van der Waals surface area contributed by atoms with E-state index in [0.29, 0.717) is 0 Å². The first-order chi connectivity index (χ1) is 12.6. The fourth-order valence-corrected chi connectivity index (χ4v) is 5.40. The van der Waals surface area contributed by atoms with Crippen LogP contribution in [0.4, 0.5) is 0 Å². The van der Waals surface area contributed by atoms with Crippen molar-refractivity contribution >= 4 is 28.2 Å². The average Bonchev–Trinajstić information content (AvgIpc) is 2.88. The molecule has 2 aromatic carbocycles. The summed E-state index contributed by atoms with van der Waals surface area (Å²) in [5.74, 6) is 0. The van der Waals surface area contributed by atoms with Gasteiger partial charge in [-0.05, 0) is 111 Å². The highest BCUT2D eigenvalue weighted by Gasteiger charge is 2.36. The summed E-state index contributed by atoms with van der Waals surface area (Å²) >= 11 is 2.43. The van der Waals surface area contributed by atoms with Gasteiger partial charge in [-0.3, -0.25) is 0 Å². The van der Waals surface area contributed by atoms with E-state index in [1.54, 1.807) is 11.1 Å². The molecule has 130 valence electrons. The standard InChI is InChI=1S/C25H23I/c1-25(2)23-14-17(20-9-5-7-16-6-3-4-8-19(16)20)10-12-21(23)22-13-11-18(26)15-24(22)25/h4,7-8,10-15H,3,5-6,9H2,1-2H3. The molecule has 26 heavy (non-hydrogen) atoms. The Morgan fingerprint density at radius 1 is 0.885 bits per heavy atom. The normalized spacial score (nSPS) is 19.7. The number of fused-ring (bicyclic) bond motifs is 4. The fourth-order valence-electron chi connectivity index (χ4n) is 4.91. The highest BCUT2D eigenvalue weighted by molar-refractivity contribution is 14.1. The molecule has 0 unspecified atom stereocenters. The van der Waals surface area contributed by atoms with Crippen molar-refractivity contribution in [1.82, 2.24) is 0 Å². The monoisotopic (exact) mass is 450 g/mol. The van der Waals surface area contributed by atoms with E-state index in [4.69, 9.17) is 0 Å². The van der Waals surface area contributed by atoms with Gasteiger partial charge in [-0.1, -0.05) is 50.3 Å². The van der Waals surface area contributed by atoms with Crippen LogP contribution >= 0.6 is 22.6 Å². The molecule has 0 atom stereocenters. The molecule has 0 radical (unpaired) electrons. The van der Waals surface area contributed by atoms with Crippen molar-refractivity contribution in [2.45, 2.75) is 44.9 Å². The molecule has 1 heteroatoms. The van der Waals surface area contributed by atoms with E-state index in [9.17, 15) is 0 Å². The van der Waals surface area contributed by atoms with E-state index < -0.39 is 0 Å². The lowest BCUT2D eigenvalue weighted by atomic mass is 9.79. The molecule has 3 aliphatic carbocycles. The summed E-state index contributed by atoms with van der Waals surface area (Å²) in [6, 6.07) is 14.1. The number of benzene rings is 2. The molecule has 3 aliphatic rings. The first-order valence-corrected chi connectivity index (χ1v) is 10.7. The number of rotatable bonds is 1. The maximum atomic E-state index is 2.48. The summed E-state index contributed by atoms with van der Waals surface area (Å²) in [6.07, 6.45) is 11.9. The Hall–Kier alpha value is -1.61. The van der Waals surface area contributed by atoms with Crippen molar-refractivity contribution < 1.29 is 0 Å². The zero-order valence-corrected chi connectivity index (χ0v) is 17.6. The molecule has 5 rings (SSSR count). The first-order valence-electron chi connectivity index (χ1n) is 9.60. The van der Waals surface area contributed by atoms with Crippen molar-refractivity contribution in [3.8, 4) is 11.1 Å². The summed E-state index contributed by atoms with van der Waals surface area (Å²) in [5.41, 5.74) is 11.9. The number of allylic oxidation sites excluding steroid dienone is 6. The maximum absolute atomic E-state index is 2.48. The maximum Gasteiger partial charge on any atom is 0.0159 e. The van der Waals surface area contributed by atoms with Gasteiger partial charge in [0.2, 0.25) is 0 Å². The van der Waals surface area contributed by atoms with Gasteiger partial charge in [-0.2, -0.15) is 0 Å². The molecular formula is C25H23I. The topological polar surface area (TPSA) is 0 Å². The Kier molecular flexibility index (Phi) is 3.79. The number of halogens is 1. The van der Waals surface area contributed by atoms with Crippen LogP contribution in [0.15, 0.2) is 65.8 Å². The molecule has 0 spiro atoms.